The highest BCUT2D eigenvalue weighted by atomic mass is 16.5. The SMILES string of the molecule is COC(=O)C[C@@H](C)c1ccc(N(CC(C)C)C2CCOCC2)c(Nc2ccc(C#N)nc2)c1. The minimum absolute atomic E-state index is 0.0211. The molecule has 1 N–H and O–H groups in total. The highest BCUT2D eigenvalue weighted by Gasteiger charge is 2.25. The van der Waals surface area contributed by atoms with Gasteiger partial charge in [-0.3, -0.25) is 4.79 Å². The Bertz CT molecular complexity index is 962. The molecular formula is C26H34N4O3. The second kappa shape index (κ2) is 11.7. The number of benzene rings is 1. The molecule has 1 saturated heterocycles. The van der Waals surface area contributed by atoms with Crippen molar-refractivity contribution < 1.29 is 14.3 Å². The lowest BCUT2D eigenvalue weighted by molar-refractivity contribution is -0.140. The summed E-state index contributed by atoms with van der Waals surface area (Å²) in [5.74, 6) is 0.295. The second-order valence-electron chi connectivity index (χ2n) is 9.02. The third kappa shape index (κ3) is 6.69. The van der Waals surface area contributed by atoms with Crippen LogP contribution in [0.3, 0.4) is 0 Å². The van der Waals surface area contributed by atoms with Crippen LogP contribution in [0.2, 0.25) is 0 Å². The smallest absolute Gasteiger partial charge is 0.306 e. The number of aromatic nitrogens is 1. The van der Waals surface area contributed by atoms with Crippen LogP contribution in [0.5, 0.6) is 0 Å². The number of nitriles is 1. The summed E-state index contributed by atoms with van der Waals surface area (Å²) in [4.78, 5) is 18.5. The van der Waals surface area contributed by atoms with Crippen LogP contribution in [-0.4, -0.2) is 43.9 Å². The van der Waals surface area contributed by atoms with Crippen molar-refractivity contribution in [1.29, 1.82) is 5.26 Å². The Labute approximate surface area is 196 Å². The maximum atomic E-state index is 11.8. The van der Waals surface area contributed by atoms with Crippen molar-refractivity contribution in [3.63, 3.8) is 0 Å². The van der Waals surface area contributed by atoms with E-state index in [0.717, 1.165) is 55.2 Å². The molecule has 3 rings (SSSR count). The Balaban J connectivity index is 1.99. The topological polar surface area (TPSA) is 87.5 Å². The van der Waals surface area contributed by atoms with Crippen LogP contribution in [0.4, 0.5) is 17.1 Å². The van der Waals surface area contributed by atoms with Gasteiger partial charge in [-0.1, -0.05) is 26.8 Å². The summed E-state index contributed by atoms with van der Waals surface area (Å²) < 4.78 is 10.5. The van der Waals surface area contributed by atoms with Crippen molar-refractivity contribution in [2.75, 3.05) is 37.1 Å². The average Bonchev–Trinajstić information content (AvgIpc) is 2.83. The summed E-state index contributed by atoms with van der Waals surface area (Å²) in [5.41, 5.74) is 4.33. The minimum Gasteiger partial charge on any atom is -0.469 e. The van der Waals surface area contributed by atoms with E-state index in [1.165, 1.54) is 7.11 Å². The number of methoxy groups -OCH3 is 1. The summed E-state index contributed by atoms with van der Waals surface area (Å²) in [6, 6.07) is 12.4. The normalized spacial score (nSPS) is 15.0. The number of carbonyl (C=O) groups is 1. The molecule has 1 aromatic carbocycles. The third-order valence-corrected chi connectivity index (χ3v) is 5.95. The van der Waals surface area contributed by atoms with E-state index in [2.05, 4.69) is 53.3 Å². The molecule has 0 amide bonds. The first kappa shape index (κ1) is 24.5. The van der Waals surface area contributed by atoms with E-state index in [-0.39, 0.29) is 11.9 Å². The molecule has 1 fully saturated rings. The third-order valence-electron chi connectivity index (χ3n) is 5.95. The molecular weight excluding hydrogens is 416 g/mol. The number of ether oxygens (including phenoxy) is 2. The van der Waals surface area contributed by atoms with Crippen LogP contribution in [0.25, 0.3) is 0 Å². The Hall–Kier alpha value is -3.11. The van der Waals surface area contributed by atoms with E-state index >= 15 is 0 Å². The highest BCUT2D eigenvalue weighted by Crippen LogP contribution is 2.36. The fourth-order valence-electron chi connectivity index (χ4n) is 4.19. The number of nitrogens with zero attached hydrogens (tertiary/aromatic N) is 3. The van der Waals surface area contributed by atoms with Crippen molar-refractivity contribution in [2.45, 2.75) is 52.0 Å². The van der Waals surface area contributed by atoms with Gasteiger partial charge in [-0.05, 0) is 54.5 Å². The van der Waals surface area contributed by atoms with Gasteiger partial charge >= 0.3 is 5.97 Å². The number of nitrogens with one attached hydrogen (secondary N) is 1. The van der Waals surface area contributed by atoms with E-state index in [0.29, 0.717) is 24.1 Å². The molecule has 176 valence electrons. The molecule has 0 saturated carbocycles. The number of anilines is 3. The van der Waals surface area contributed by atoms with Gasteiger partial charge in [0.25, 0.3) is 0 Å². The molecule has 33 heavy (non-hydrogen) atoms. The lowest BCUT2D eigenvalue weighted by Crippen LogP contribution is -2.42. The zero-order chi connectivity index (χ0) is 23.8. The van der Waals surface area contributed by atoms with Gasteiger partial charge in [-0.2, -0.15) is 5.26 Å². The Morgan fingerprint density at radius 1 is 1.27 bits per heavy atom. The molecule has 1 aliphatic rings. The first-order valence-corrected chi connectivity index (χ1v) is 11.6. The summed E-state index contributed by atoms with van der Waals surface area (Å²) in [6.07, 6.45) is 3.98. The molecule has 7 nitrogen and oxygen atoms in total. The van der Waals surface area contributed by atoms with Crippen molar-refractivity contribution in [3.05, 3.63) is 47.8 Å². The zero-order valence-corrected chi connectivity index (χ0v) is 20.0. The number of carbonyl (C=O) groups excluding carboxylic acids is 1. The Morgan fingerprint density at radius 3 is 2.64 bits per heavy atom. The molecule has 2 heterocycles. The summed E-state index contributed by atoms with van der Waals surface area (Å²) >= 11 is 0. The van der Waals surface area contributed by atoms with Crippen molar-refractivity contribution in [1.82, 2.24) is 4.98 Å². The maximum absolute atomic E-state index is 11.8. The van der Waals surface area contributed by atoms with Gasteiger partial charge in [-0.15, -0.1) is 0 Å². The van der Waals surface area contributed by atoms with Crippen LogP contribution in [-0.2, 0) is 14.3 Å². The van der Waals surface area contributed by atoms with Gasteiger partial charge in [0.1, 0.15) is 11.8 Å². The Kier molecular flexibility index (Phi) is 8.67. The average molecular weight is 451 g/mol. The molecule has 0 radical (unpaired) electrons. The number of pyridine rings is 1. The lowest BCUT2D eigenvalue weighted by Gasteiger charge is -2.38. The van der Waals surface area contributed by atoms with Gasteiger partial charge in [0.15, 0.2) is 0 Å². The fourth-order valence-corrected chi connectivity index (χ4v) is 4.19. The Morgan fingerprint density at radius 2 is 2.03 bits per heavy atom. The van der Waals surface area contributed by atoms with E-state index in [1.54, 1.807) is 12.3 Å². The van der Waals surface area contributed by atoms with Crippen LogP contribution in [0.1, 0.15) is 57.2 Å². The van der Waals surface area contributed by atoms with Crippen molar-refractivity contribution in [2.24, 2.45) is 5.92 Å². The lowest BCUT2D eigenvalue weighted by atomic mass is 9.95. The molecule has 7 heteroatoms. The second-order valence-corrected chi connectivity index (χ2v) is 9.02. The van der Waals surface area contributed by atoms with Gasteiger partial charge in [0.2, 0.25) is 0 Å². The molecule has 1 aliphatic heterocycles. The van der Waals surface area contributed by atoms with Gasteiger partial charge in [-0.25, -0.2) is 4.98 Å². The summed E-state index contributed by atoms with van der Waals surface area (Å²) in [6.45, 7) is 8.98. The first-order chi connectivity index (χ1) is 15.9. The molecule has 0 bridgehead atoms. The van der Waals surface area contributed by atoms with Crippen LogP contribution in [0, 0.1) is 17.2 Å². The van der Waals surface area contributed by atoms with Crippen molar-refractivity contribution >= 4 is 23.0 Å². The standard InChI is InChI=1S/C26H34N4O3/c1-18(2)17-30(23-9-11-33-12-10-23)25-8-5-20(19(3)13-26(31)32-4)14-24(25)29-22-7-6-21(15-27)28-16-22/h5-8,14,16,18-19,23,29H,9-13,17H2,1-4H3/t19-/m1/s1. The highest BCUT2D eigenvalue weighted by molar-refractivity contribution is 5.77. The van der Waals surface area contributed by atoms with E-state index in [4.69, 9.17) is 14.7 Å². The minimum atomic E-state index is -0.221. The van der Waals surface area contributed by atoms with Crippen LogP contribution >= 0.6 is 0 Å². The maximum Gasteiger partial charge on any atom is 0.306 e. The monoisotopic (exact) mass is 450 g/mol. The first-order valence-electron chi connectivity index (χ1n) is 11.6. The number of rotatable bonds is 9. The van der Waals surface area contributed by atoms with Gasteiger partial charge in [0, 0.05) is 25.8 Å². The quantitative estimate of drug-likeness (QED) is 0.538. The number of hydrogen-bond donors (Lipinski definition) is 1. The van der Waals surface area contributed by atoms with Crippen LogP contribution < -0.4 is 10.2 Å². The molecule has 0 unspecified atom stereocenters. The predicted molar refractivity (Wildman–Crippen MR) is 130 cm³/mol. The number of hydrogen-bond acceptors (Lipinski definition) is 7. The number of esters is 1. The van der Waals surface area contributed by atoms with Gasteiger partial charge < -0.3 is 19.7 Å². The molecule has 2 aromatic rings. The molecule has 0 aliphatic carbocycles. The van der Waals surface area contributed by atoms with E-state index < -0.39 is 0 Å². The van der Waals surface area contributed by atoms with Crippen LogP contribution in [0.15, 0.2) is 36.5 Å². The largest absolute Gasteiger partial charge is 0.469 e. The zero-order valence-electron chi connectivity index (χ0n) is 20.0. The van der Waals surface area contributed by atoms with Gasteiger partial charge in [0.05, 0.1) is 36.8 Å². The molecule has 1 aromatic heterocycles. The molecule has 0 spiro atoms. The van der Waals surface area contributed by atoms with E-state index in [9.17, 15) is 4.79 Å². The molecule has 1 atom stereocenters. The predicted octanol–water partition coefficient (Wildman–Crippen LogP) is 5.00. The van der Waals surface area contributed by atoms with Crippen molar-refractivity contribution in [3.8, 4) is 6.07 Å². The van der Waals surface area contributed by atoms with E-state index in [1.807, 2.05) is 13.0 Å². The summed E-state index contributed by atoms with van der Waals surface area (Å²) in [7, 11) is 1.42. The fraction of sp³-hybridized carbons (Fsp3) is 0.500. The summed E-state index contributed by atoms with van der Waals surface area (Å²) in [5, 5.41) is 12.6.